The summed E-state index contributed by atoms with van der Waals surface area (Å²) in [6, 6.07) is 0. The molecule has 18 unspecified atom stereocenters. The van der Waals surface area contributed by atoms with E-state index < -0.39 is 84.8 Å². The van der Waals surface area contributed by atoms with Crippen molar-refractivity contribution in [2.75, 3.05) is 19.8 Å². The van der Waals surface area contributed by atoms with Crippen molar-refractivity contribution in [2.24, 2.45) is 50.2 Å². The maximum Gasteiger partial charge on any atom is 0.310 e. The van der Waals surface area contributed by atoms with E-state index in [1.165, 1.54) is 5.57 Å². The Morgan fingerprint density at radius 1 is 0.815 bits per heavy atom. The second kappa shape index (κ2) is 14.0. The smallest absolute Gasteiger partial charge is 0.310 e. The normalized spacial score (nSPS) is 54.3. The summed E-state index contributed by atoms with van der Waals surface area (Å²) in [7, 11) is 0. The highest BCUT2D eigenvalue weighted by atomic mass is 16.7. The summed E-state index contributed by atoms with van der Waals surface area (Å²) in [5.41, 5.74) is -0.295. The van der Waals surface area contributed by atoms with Crippen LogP contribution in [0.3, 0.4) is 0 Å². The molecule has 0 spiro atoms. The molecule has 2 heterocycles. The van der Waals surface area contributed by atoms with Gasteiger partial charge in [0.25, 0.3) is 0 Å². The van der Waals surface area contributed by atoms with Gasteiger partial charge in [0.1, 0.15) is 42.7 Å². The number of fused-ring (bicyclic) bond motifs is 7. The van der Waals surface area contributed by atoms with Crippen molar-refractivity contribution in [3.05, 3.63) is 11.6 Å². The molecule has 0 radical (unpaired) electrons. The third-order valence-electron chi connectivity index (χ3n) is 17.0. The van der Waals surface area contributed by atoms with E-state index >= 15 is 0 Å². The van der Waals surface area contributed by atoms with Crippen LogP contribution < -0.4 is 0 Å². The highest BCUT2D eigenvalue weighted by molar-refractivity contribution is 5.76. The number of aliphatic hydroxyl groups excluding tert-OH is 7. The molecule has 54 heavy (non-hydrogen) atoms. The molecule has 13 nitrogen and oxygen atoms in total. The minimum Gasteiger partial charge on any atom is -0.481 e. The molecule has 0 bridgehead atoms. The maximum absolute atomic E-state index is 13.0. The van der Waals surface area contributed by atoms with Gasteiger partial charge in [0.05, 0.1) is 31.3 Å². The second-order valence-corrected chi connectivity index (χ2v) is 20.1. The fourth-order valence-electron chi connectivity index (χ4n) is 13.4. The van der Waals surface area contributed by atoms with Crippen LogP contribution in [-0.4, -0.2) is 128 Å². The van der Waals surface area contributed by atoms with Gasteiger partial charge >= 0.3 is 5.97 Å². The van der Waals surface area contributed by atoms with Crippen LogP contribution in [0.15, 0.2) is 11.6 Å². The average molecular weight is 767 g/mol. The Bertz CT molecular complexity index is 1450. The Balaban J connectivity index is 1.11. The van der Waals surface area contributed by atoms with Gasteiger partial charge in [-0.1, -0.05) is 53.2 Å². The summed E-state index contributed by atoms with van der Waals surface area (Å²) in [5.74, 6) is -0.227. The van der Waals surface area contributed by atoms with Crippen LogP contribution in [0.4, 0.5) is 0 Å². The molecular weight excluding hydrogens is 700 g/mol. The zero-order valence-electron chi connectivity index (χ0n) is 32.9. The predicted octanol–water partition coefficient (Wildman–Crippen LogP) is 2.49. The Morgan fingerprint density at radius 3 is 2.19 bits per heavy atom. The fourth-order valence-corrected chi connectivity index (χ4v) is 13.4. The van der Waals surface area contributed by atoms with Crippen molar-refractivity contribution >= 4 is 5.97 Å². The van der Waals surface area contributed by atoms with Gasteiger partial charge < -0.3 is 59.8 Å². The number of ether oxygens (including phenoxy) is 4. The van der Waals surface area contributed by atoms with E-state index in [9.17, 15) is 45.6 Å². The Kier molecular flexibility index (Phi) is 10.6. The van der Waals surface area contributed by atoms with Crippen molar-refractivity contribution in [3.63, 3.8) is 0 Å². The van der Waals surface area contributed by atoms with Crippen molar-refractivity contribution in [3.8, 4) is 0 Å². The Morgan fingerprint density at radius 2 is 1.52 bits per heavy atom. The highest BCUT2D eigenvalue weighted by Gasteiger charge is 2.70. The predicted molar refractivity (Wildman–Crippen MR) is 193 cm³/mol. The van der Waals surface area contributed by atoms with Crippen LogP contribution in [0, 0.1) is 50.2 Å². The van der Waals surface area contributed by atoms with Gasteiger partial charge in [-0.15, -0.1) is 0 Å². The van der Waals surface area contributed by atoms with Crippen molar-refractivity contribution in [1.82, 2.24) is 0 Å². The van der Waals surface area contributed by atoms with Gasteiger partial charge in [0, 0.05) is 5.41 Å². The second-order valence-electron chi connectivity index (χ2n) is 20.1. The molecule has 7 aliphatic rings. The molecule has 8 N–H and O–H groups in total. The van der Waals surface area contributed by atoms with Crippen LogP contribution in [0.5, 0.6) is 0 Å². The molecule has 7 rings (SSSR count). The molecule has 2 saturated heterocycles. The van der Waals surface area contributed by atoms with Gasteiger partial charge in [-0.2, -0.15) is 0 Å². The molecule has 4 saturated carbocycles. The monoisotopic (exact) mass is 766 g/mol. The lowest BCUT2D eigenvalue weighted by Gasteiger charge is -2.71. The van der Waals surface area contributed by atoms with E-state index in [2.05, 4.69) is 47.6 Å². The minimum absolute atomic E-state index is 0.0293. The van der Waals surface area contributed by atoms with Crippen LogP contribution in [-0.2, 0) is 23.7 Å². The number of carboxylic acids is 1. The van der Waals surface area contributed by atoms with E-state index in [0.717, 1.165) is 51.4 Å². The van der Waals surface area contributed by atoms with Crippen LogP contribution in [0.2, 0.25) is 0 Å². The van der Waals surface area contributed by atoms with Gasteiger partial charge in [0.15, 0.2) is 12.6 Å². The first-order chi connectivity index (χ1) is 25.2. The topological polar surface area (TPSA) is 216 Å². The number of aliphatic hydroxyl groups is 7. The van der Waals surface area contributed by atoms with E-state index in [-0.39, 0.29) is 46.7 Å². The first-order valence-corrected chi connectivity index (χ1v) is 20.4. The molecule has 308 valence electrons. The number of rotatable bonds is 7. The summed E-state index contributed by atoms with van der Waals surface area (Å²) in [4.78, 5) is 13.0. The van der Waals surface area contributed by atoms with Gasteiger partial charge in [-0.3, -0.25) is 4.79 Å². The van der Waals surface area contributed by atoms with E-state index in [4.69, 9.17) is 18.9 Å². The zero-order chi connectivity index (χ0) is 39.4. The van der Waals surface area contributed by atoms with E-state index in [1.807, 2.05) is 0 Å². The molecule has 0 aromatic heterocycles. The van der Waals surface area contributed by atoms with E-state index in [1.54, 1.807) is 0 Å². The lowest BCUT2D eigenvalue weighted by atomic mass is 9.33. The number of carboxylic acid groups (broad SMARTS) is 1. The summed E-state index contributed by atoms with van der Waals surface area (Å²) >= 11 is 0. The number of hydrogen-bond donors (Lipinski definition) is 8. The number of allylic oxidation sites excluding steroid dienone is 2. The quantitative estimate of drug-likeness (QED) is 0.138. The largest absolute Gasteiger partial charge is 0.481 e. The fraction of sp³-hybridized carbons (Fsp3) is 0.927. The minimum atomic E-state index is -1.72. The van der Waals surface area contributed by atoms with Gasteiger partial charge in [-0.05, 0) is 104 Å². The third kappa shape index (κ3) is 5.92. The third-order valence-corrected chi connectivity index (χ3v) is 17.0. The summed E-state index contributed by atoms with van der Waals surface area (Å²) in [6.07, 6.45) is -3.15. The summed E-state index contributed by atoms with van der Waals surface area (Å²) < 4.78 is 23.7. The SMILES string of the molecule is CC1(C)CCC2(C(=O)O)CCC3(C)C(=CCC4C5(C)CCC(OC6OCC(O)C(OC7OC(CO)C(O)C(O)C7O)C6O)C(C)(CO)C5CCC43C)C2C1. The molecular formula is C41H66O13. The van der Waals surface area contributed by atoms with Crippen molar-refractivity contribution < 1.29 is 64.6 Å². The Hall–Kier alpha value is -1.23. The van der Waals surface area contributed by atoms with Crippen molar-refractivity contribution in [2.45, 2.75) is 167 Å². The van der Waals surface area contributed by atoms with Crippen LogP contribution >= 0.6 is 0 Å². The molecule has 2 aliphatic heterocycles. The molecule has 18 atom stereocenters. The molecule has 5 aliphatic carbocycles. The summed E-state index contributed by atoms with van der Waals surface area (Å²) in [6.45, 7) is 12.8. The van der Waals surface area contributed by atoms with Gasteiger partial charge in [0.2, 0.25) is 0 Å². The van der Waals surface area contributed by atoms with Crippen LogP contribution in [0.25, 0.3) is 0 Å². The average Bonchev–Trinajstić information content (AvgIpc) is 3.12. The highest BCUT2D eigenvalue weighted by Crippen LogP contribution is 2.76. The molecule has 0 amide bonds. The lowest BCUT2D eigenvalue weighted by molar-refractivity contribution is -0.358. The molecule has 0 aromatic carbocycles. The standard InChI is InChI=1S/C41H66O13/c1-36(2)13-15-41(35(49)50)16-14-39(5)21(22(41)17-36)7-8-26-37(3)11-10-27(38(4,20-43)25(37)9-12-40(26,39)6)53-33-31(48)32(23(44)19-51-33)54-34-30(47)29(46)28(45)24(18-42)52-34/h7,22-34,42-48H,8-20H2,1-6H3,(H,49,50). The Labute approximate surface area is 319 Å². The van der Waals surface area contributed by atoms with Crippen LogP contribution in [0.1, 0.15) is 106 Å². The summed E-state index contributed by atoms with van der Waals surface area (Å²) in [5, 5.41) is 84.8. The maximum atomic E-state index is 13.0. The lowest BCUT2D eigenvalue weighted by Crippen LogP contribution is -2.67. The van der Waals surface area contributed by atoms with E-state index in [0.29, 0.717) is 18.8 Å². The molecule has 0 aromatic rings. The molecule has 6 fully saturated rings. The van der Waals surface area contributed by atoms with Crippen molar-refractivity contribution in [1.29, 1.82) is 0 Å². The van der Waals surface area contributed by atoms with Gasteiger partial charge in [-0.25, -0.2) is 0 Å². The number of carbonyl (C=O) groups is 1. The number of aliphatic carboxylic acids is 1. The number of hydrogen-bond acceptors (Lipinski definition) is 12. The first kappa shape index (κ1) is 40.9. The molecule has 13 heteroatoms. The first-order valence-electron chi connectivity index (χ1n) is 20.4. The zero-order valence-corrected chi connectivity index (χ0v) is 32.9.